The van der Waals surface area contributed by atoms with E-state index in [0.717, 1.165) is 37.5 Å². The molecule has 2 aromatic carbocycles. The van der Waals surface area contributed by atoms with Crippen LogP contribution in [0.2, 0.25) is 0 Å². The number of para-hydroxylation sites is 2. The van der Waals surface area contributed by atoms with Crippen LogP contribution in [-0.2, 0) is 26.2 Å². The molecule has 2 amide bonds. The number of amides is 2. The molecule has 0 radical (unpaired) electrons. The van der Waals surface area contributed by atoms with Gasteiger partial charge in [-0.25, -0.2) is 8.42 Å². The third-order valence-corrected chi connectivity index (χ3v) is 8.30. The summed E-state index contributed by atoms with van der Waals surface area (Å²) in [6.07, 6.45) is 7.42. The van der Waals surface area contributed by atoms with Crippen molar-refractivity contribution in [2.45, 2.75) is 83.8 Å². The number of nitrogens with zero attached hydrogens (tertiary/aromatic N) is 2. The van der Waals surface area contributed by atoms with Gasteiger partial charge in [-0.3, -0.25) is 13.9 Å². The molecule has 214 valence electrons. The van der Waals surface area contributed by atoms with Gasteiger partial charge in [-0.15, -0.1) is 0 Å². The van der Waals surface area contributed by atoms with Crippen LogP contribution in [0.4, 0.5) is 5.69 Å². The number of carbonyl (C=O) groups is 2. The third-order valence-electron chi connectivity index (χ3n) is 7.12. The van der Waals surface area contributed by atoms with Crippen LogP contribution < -0.4 is 14.4 Å². The van der Waals surface area contributed by atoms with E-state index in [4.69, 9.17) is 4.74 Å². The zero-order valence-electron chi connectivity index (χ0n) is 23.5. The molecule has 2 aromatic rings. The first-order valence-electron chi connectivity index (χ1n) is 14.1. The Kier molecular flexibility index (Phi) is 11.7. The van der Waals surface area contributed by atoms with E-state index in [1.165, 1.54) is 10.7 Å². The summed E-state index contributed by atoms with van der Waals surface area (Å²) in [5, 5.41) is 3.19. The van der Waals surface area contributed by atoms with Crippen LogP contribution in [0.5, 0.6) is 5.75 Å². The molecule has 0 aromatic heterocycles. The highest BCUT2D eigenvalue weighted by Crippen LogP contribution is 2.30. The predicted molar refractivity (Wildman–Crippen MR) is 155 cm³/mol. The van der Waals surface area contributed by atoms with E-state index in [1.54, 1.807) is 29.2 Å². The smallest absolute Gasteiger partial charge is 0.243 e. The number of nitrogens with one attached hydrogen (secondary N) is 1. The lowest BCUT2D eigenvalue weighted by Crippen LogP contribution is -2.51. The maximum absolute atomic E-state index is 13.6. The summed E-state index contributed by atoms with van der Waals surface area (Å²) in [5.74, 6) is 0.195. The number of carbonyl (C=O) groups excluding carboxylic acids is 2. The minimum atomic E-state index is -3.61. The number of rotatable bonds is 14. The van der Waals surface area contributed by atoms with E-state index in [-0.39, 0.29) is 30.8 Å². The Morgan fingerprint density at radius 2 is 1.67 bits per heavy atom. The minimum absolute atomic E-state index is 0.114. The fourth-order valence-electron chi connectivity index (χ4n) is 5.17. The first-order chi connectivity index (χ1) is 18.7. The van der Waals surface area contributed by atoms with Crippen molar-refractivity contribution in [3.05, 3.63) is 60.2 Å². The van der Waals surface area contributed by atoms with E-state index in [2.05, 4.69) is 5.32 Å². The molecule has 0 bridgehead atoms. The topological polar surface area (TPSA) is 96.0 Å². The summed E-state index contributed by atoms with van der Waals surface area (Å²) in [7, 11) is -3.61. The standard InChI is InChI=1S/C30H43N3O5S/c1-4-26(30(35)31-25-17-10-7-11-18-25)32(23-24-15-8-6-9-16-24)29(34)21-14-22-33(39(3,36)37)27-19-12-13-20-28(27)38-5-2/h6,8-9,12-13,15-16,19-20,25-26H,4-5,7,10-11,14,17-18,21-23H2,1-3H3,(H,31,35)/t26-/m0/s1. The normalized spacial score (nSPS) is 14.8. The maximum atomic E-state index is 13.6. The summed E-state index contributed by atoms with van der Waals surface area (Å²) in [6.45, 7) is 4.61. The Hall–Kier alpha value is -3.07. The molecule has 0 saturated heterocycles. The van der Waals surface area contributed by atoms with Crippen LogP contribution in [0, 0.1) is 0 Å². The predicted octanol–water partition coefficient (Wildman–Crippen LogP) is 4.89. The van der Waals surface area contributed by atoms with Crippen molar-refractivity contribution in [2.24, 2.45) is 0 Å². The van der Waals surface area contributed by atoms with Crippen molar-refractivity contribution in [1.29, 1.82) is 0 Å². The Bertz CT molecular complexity index is 1170. The van der Waals surface area contributed by atoms with E-state index < -0.39 is 16.1 Å². The first-order valence-corrected chi connectivity index (χ1v) is 15.9. The molecular weight excluding hydrogens is 514 g/mol. The van der Waals surface area contributed by atoms with Gasteiger partial charge in [0.25, 0.3) is 0 Å². The number of hydrogen-bond acceptors (Lipinski definition) is 5. The van der Waals surface area contributed by atoms with Crippen LogP contribution in [0.15, 0.2) is 54.6 Å². The van der Waals surface area contributed by atoms with Crippen molar-refractivity contribution in [3.63, 3.8) is 0 Å². The molecule has 3 rings (SSSR count). The molecule has 1 fully saturated rings. The average Bonchev–Trinajstić information content (AvgIpc) is 2.92. The average molecular weight is 558 g/mol. The van der Waals surface area contributed by atoms with E-state index in [0.29, 0.717) is 37.4 Å². The molecule has 8 nitrogen and oxygen atoms in total. The second-order valence-corrected chi connectivity index (χ2v) is 12.0. The number of anilines is 1. The summed E-state index contributed by atoms with van der Waals surface area (Å²) < 4.78 is 32.3. The molecule has 1 aliphatic carbocycles. The van der Waals surface area contributed by atoms with Crippen LogP contribution in [0.3, 0.4) is 0 Å². The van der Waals surface area contributed by atoms with Crippen LogP contribution in [0.25, 0.3) is 0 Å². The molecule has 0 aliphatic heterocycles. The zero-order chi connectivity index (χ0) is 28.3. The Balaban J connectivity index is 1.75. The van der Waals surface area contributed by atoms with Gasteiger partial charge in [0.1, 0.15) is 11.8 Å². The number of benzene rings is 2. The highest BCUT2D eigenvalue weighted by atomic mass is 32.2. The first kappa shape index (κ1) is 30.5. The molecule has 0 unspecified atom stereocenters. The number of hydrogen-bond donors (Lipinski definition) is 1. The molecule has 0 spiro atoms. The van der Waals surface area contributed by atoms with Crippen LogP contribution in [0.1, 0.15) is 70.8 Å². The second-order valence-electron chi connectivity index (χ2n) is 10.1. The van der Waals surface area contributed by atoms with Gasteiger partial charge in [-0.05, 0) is 50.3 Å². The van der Waals surface area contributed by atoms with Crippen molar-refractivity contribution < 1.29 is 22.7 Å². The fourth-order valence-corrected chi connectivity index (χ4v) is 6.14. The lowest BCUT2D eigenvalue weighted by Gasteiger charge is -2.33. The number of sulfonamides is 1. The Morgan fingerprint density at radius 3 is 2.31 bits per heavy atom. The quantitative estimate of drug-likeness (QED) is 0.357. The zero-order valence-corrected chi connectivity index (χ0v) is 24.3. The van der Waals surface area contributed by atoms with Crippen molar-refractivity contribution in [3.8, 4) is 5.75 Å². The van der Waals surface area contributed by atoms with Gasteiger partial charge < -0.3 is 15.0 Å². The Morgan fingerprint density at radius 1 is 1.00 bits per heavy atom. The van der Waals surface area contributed by atoms with Crippen molar-refractivity contribution >= 4 is 27.5 Å². The second kappa shape index (κ2) is 14.9. The Labute approximate surface area is 233 Å². The van der Waals surface area contributed by atoms with Gasteiger partial charge in [0.05, 0.1) is 18.6 Å². The lowest BCUT2D eigenvalue weighted by molar-refractivity contribution is -0.141. The van der Waals surface area contributed by atoms with Gasteiger partial charge >= 0.3 is 0 Å². The minimum Gasteiger partial charge on any atom is -0.492 e. The summed E-state index contributed by atoms with van der Waals surface area (Å²) >= 11 is 0. The lowest BCUT2D eigenvalue weighted by atomic mass is 9.95. The SMILES string of the molecule is CCOc1ccccc1N(CCCC(=O)N(Cc1ccccc1)[C@@H](CC)C(=O)NC1CCCCC1)S(C)(=O)=O. The number of ether oxygens (including phenoxy) is 1. The largest absolute Gasteiger partial charge is 0.492 e. The van der Waals surface area contributed by atoms with Gasteiger partial charge in [0.15, 0.2) is 0 Å². The van der Waals surface area contributed by atoms with Gasteiger partial charge in [0, 0.05) is 25.6 Å². The molecule has 39 heavy (non-hydrogen) atoms. The molecule has 1 aliphatic rings. The van der Waals surface area contributed by atoms with E-state index in [1.807, 2.05) is 44.2 Å². The van der Waals surface area contributed by atoms with Gasteiger partial charge in [0.2, 0.25) is 21.8 Å². The van der Waals surface area contributed by atoms with E-state index >= 15 is 0 Å². The van der Waals surface area contributed by atoms with Crippen molar-refractivity contribution in [1.82, 2.24) is 10.2 Å². The van der Waals surface area contributed by atoms with Crippen molar-refractivity contribution in [2.75, 3.05) is 23.7 Å². The fraction of sp³-hybridized carbons (Fsp3) is 0.533. The van der Waals surface area contributed by atoms with Crippen LogP contribution in [-0.4, -0.2) is 56.6 Å². The molecule has 1 saturated carbocycles. The maximum Gasteiger partial charge on any atom is 0.243 e. The van der Waals surface area contributed by atoms with Gasteiger partial charge in [-0.2, -0.15) is 0 Å². The van der Waals surface area contributed by atoms with Gasteiger partial charge in [-0.1, -0.05) is 68.7 Å². The summed E-state index contributed by atoms with van der Waals surface area (Å²) in [4.78, 5) is 28.7. The van der Waals surface area contributed by atoms with Crippen LogP contribution >= 0.6 is 0 Å². The van der Waals surface area contributed by atoms with E-state index in [9.17, 15) is 18.0 Å². The highest BCUT2D eigenvalue weighted by Gasteiger charge is 2.30. The molecule has 1 atom stereocenters. The third kappa shape index (κ3) is 8.98. The molecule has 9 heteroatoms. The summed E-state index contributed by atoms with van der Waals surface area (Å²) in [5.41, 5.74) is 1.40. The molecule has 1 N–H and O–H groups in total. The molecule has 0 heterocycles. The monoisotopic (exact) mass is 557 g/mol. The summed E-state index contributed by atoms with van der Waals surface area (Å²) in [6, 6.07) is 16.2. The molecular formula is C30H43N3O5S. The highest BCUT2D eigenvalue weighted by molar-refractivity contribution is 7.92.